The normalized spacial score (nSPS) is 21.3. The van der Waals surface area contributed by atoms with E-state index >= 15 is 0 Å². The number of rotatable bonds is 7. The van der Waals surface area contributed by atoms with Crippen molar-refractivity contribution in [3.63, 3.8) is 0 Å². The van der Waals surface area contributed by atoms with Gasteiger partial charge in [0, 0.05) is 32.2 Å². The molecule has 0 bridgehead atoms. The fourth-order valence-electron chi connectivity index (χ4n) is 5.13. The van der Waals surface area contributed by atoms with Crippen LogP contribution in [0.5, 0.6) is 0 Å². The van der Waals surface area contributed by atoms with Gasteiger partial charge in [-0.1, -0.05) is 12.1 Å². The molecule has 1 aromatic rings. The first-order chi connectivity index (χ1) is 20.1. The maximum absolute atomic E-state index is 14.1. The highest BCUT2D eigenvalue weighted by Gasteiger charge is 2.45. The topological polar surface area (TPSA) is 140 Å². The quantitative estimate of drug-likeness (QED) is 0.437. The molecule has 12 nitrogen and oxygen atoms in total. The van der Waals surface area contributed by atoms with Gasteiger partial charge in [0.1, 0.15) is 29.5 Å². The third-order valence-electron chi connectivity index (χ3n) is 7.53. The molecule has 0 aromatic heterocycles. The van der Waals surface area contributed by atoms with Crippen LogP contribution in [0, 0.1) is 5.82 Å². The molecule has 43 heavy (non-hydrogen) atoms. The highest BCUT2D eigenvalue weighted by molar-refractivity contribution is 5.95. The van der Waals surface area contributed by atoms with Gasteiger partial charge in [-0.05, 0) is 78.5 Å². The average Bonchev–Trinajstić information content (AvgIpc) is 3.34. The summed E-state index contributed by atoms with van der Waals surface area (Å²) in [5.41, 5.74) is -0.0541. The van der Waals surface area contributed by atoms with E-state index in [0.717, 1.165) is 4.90 Å². The standard InChI is InChI=1S/C30H45FN6O6/c1-18(2)33-28(41)36-15-14-22-12-13-24(26(39)32-16-20-8-10-21(31)11-9-20)37(22)27(40)23(17-36)34-25(38)19(3)35(7)29(42)43-30(4,5)6/h8-11,18-19,22-24H,12-17H2,1-7H3,(H,32,39)(H,33,41)(H,34,38)/t19-,22+,23-,24-/m0/s1. The molecule has 2 fully saturated rings. The lowest BCUT2D eigenvalue weighted by molar-refractivity contribution is -0.145. The first-order valence-electron chi connectivity index (χ1n) is 14.7. The largest absolute Gasteiger partial charge is 0.444 e. The van der Waals surface area contributed by atoms with Crippen LogP contribution in [0.3, 0.4) is 0 Å². The summed E-state index contributed by atoms with van der Waals surface area (Å²) in [6, 6.07) is 2.04. The Hall–Kier alpha value is -3.90. The van der Waals surface area contributed by atoms with Gasteiger partial charge in [0.05, 0.1) is 6.54 Å². The van der Waals surface area contributed by atoms with Crippen LogP contribution in [-0.4, -0.2) is 100 Å². The number of ether oxygens (including phenoxy) is 1. The molecule has 2 aliphatic rings. The minimum absolute atomic E-state index is 0.112. The van der Waals surface area contributed by atoms with Gasteiger partial charge in [-0.25, -0.2) is 14.0 Å². The van der Waals surface area contributed by atoms with E-state index in [9.17, 15) is 28.4 Å². The number of carbonyl (C=O) groups excluding carboxylic acids is 5. The SMILES string of the molecule is CC(C)NC(=O)N1CC[C@H]2CC[C@@H](C(=O)NCc3ccc(F)cc3)N2C(=O)[C@@H](NC(=O)[C@H](C)N(C)C(=O)OC(C)(C)C)C1. The molecule has 3 rings (SSSR count). The van der Waals surface area contributed by atoms with Crippen molar-refractivity contribution in [1.82, 2.24) is 30.7 Å². The molecular formula is C30H45FN6O6. The molecule has 2 heterocycles. The Kier molecular flexibility index (Phi) is 11.0. The van der Waals surface area contributed by atoms with E-state index in [-0.39, 0.29) is 42.9 Å². The zero-order valence-electron chi connectivity index (χ0n) is 26.1. The molecule has 1 aromatic carbocycles. The van der Waals surface area contributed by atoms with Crippen molar-refractivity contribution in [3.8, 4) is 0 Å². The molecule has 13 heteroatoms. The van der Waals surface area contributed by atoms with E-state index in [2.05, 4.69) is 16.0 Å². The number of likely N-dealkylation sites (N-methyl/N-ethyl adjacent to an activating group) is 1. The van der Waals surface area contributed by atoms with Crippen molar-refractivity contribution in [3.05, 3.63) is 35.6 Å². The minimum Gasteiger partial charge on any atom is -0.444 e. The second kappa shape index (κ2) is 14.0. The summed E-state index contributed by atoms with van der Waals surface area (Å²) < 4.78 is 18.7. The number of nitrogens with zero attached hydrogens (tertiary/aromatic N) is 3. The monoisotopic (exact) mass is 604 g/mol. The molecular weight excluding hydrogens is 559 g/mol. The van der Waals surface area contributed by atoms with Crippen LogP contribution >= 0.6 is 0 Å². The molecule has 238 valence electrons. The van der Waals surface area contributed by atoms with Crippen LogP contribution < -0.4 is 16.0 Å². The molecule has 0 radical (unpaired) electrons. The summed E-state index contributed by atoms with van der Waals surface area (Å²) in [7, 11) is 1.43. The molecule has 6 amide bonds. The minimum atomic E-state index is -1.16. The first kappa shape index (κ1) is 33.6. The van der Waals surface area contributed by atoms with Crippen molar-refractivity contribution in [2.75, 3.05) is 20.1 Å². The number of halogens is 1. The maximum atomic E-state index is 14.1. The number of hydrogen-bond acceptors (Lipinski definition) is 6. The molecule has 3 N–H and O–H groups in total. The molecule has 2 aliphatic heterocycles. The summed E-state index contributed by atoms with van der Waals surface area (Å²) in [6.07, 6.45) is 0.743. The Morgan fingerprint density at radius 2 is 1.72 bits per heavy atom. The number of benzene rings is 1. The lowest BCUT2D eigenvalue weighted by atomic mass is 10.1. The Balaban J connectivity index is 1.80. The van der Waals surface area contributed by atoms with Crippen molar-refractivity contribution in [2.45, 2.75) is 103 Å². The fraction of sp³-hybridized carbons (Fsp3) is 0.633. The van der Waals surface area contributed by atoms with Gasteiger partial charge >= 0.3 is 12.1 Å². The van der Waals surface area contributed by atoms with Crippen LogP contribution in [0.15, 0.2) is 24.3 Å². The van der Waals surface area contributed by atoms with Gasteiger partial charge in [0.2, 0.25) is 17.7 Å². The number of hydrogen-bond donors (Lipinski definition) is 3. The van der Waals surface area contributed by atoms with Crippen molar-refractivity contribution in [2.24, 2.45) is 0 Å². The zero-order chi connectivity index (χ0) is 32.1. The summed E-state index contributed by atoms with van der Waals surface area (Å²) in [5.74, 6) is -1.81. The molecule has 0 saturated carbocycles. The second-order valence-electron chi connectivity index (χ2n) is 12.5. The van der Waals surface area contributed by atoms with Gasteiger partial charge in [0.15, 0.2) is 0 Å². The average molecular weight is 605 g/mol. The predicted octanol–water partition coefficient (Wildman–Crippen LogP) is 2.37. The molecule has 0 aliphatic carbocycles. The van der Waals surface area contributed by atoms with E-state index < -0.39 is 41.6 Å². The van der Waals surface area contributed by atoms with Crippen LogP contribution in [0.4, 0.5) is 14.0 Å². The Bertz CT molecular complexity index is 1190. The molecule has 2 saturated heterocycles. The summed E-state index contributed by atoms with van der Waals surface area (Å²) in [6.45, 7) is 10.7. The lowest BCUT2D eigenvalue weighted by Gasteiger charge is -2.39. The van der Waals surface area contributed by atoms with E-state index in [1.165, 1.54) is 35.9 Å². The third-order valence-corrected chi connectivity index (χ3v) is 7.53. The van der Waals surface area contributed by atoms with Gasteiger partial charge in [0.25, 0.3) is 0 Å². The van der Waals surface area contributed by atoms with Crippen LogP contribution in [0.1, 0.15) is 66.4 Å². The summed E-state index contributed by atoms with van der Waals surface area (Å²) in [4.78, 5) is 70.5. The van der Waals surface area contributed by atoms with Gasteiger partial charge in [-0.3, -0.25) is 19.3 Å². The van der Waals surface area contributed by atoms with E-state index in [1.54, 1.807) is 32.9 Å². The third kappa shape index (κ3) is 9.04. The van der Waals surface area contributed by atoms with Crippen molar-refractivity contribution >= 4 is 29.8 Å². The number of urea groups is 1. The predicted molar refractivity (Wildman–Crippen MR) is 157 cm³/mol. The number of amides is 6. The molecule has 0 unspecified atom stereocenters. The lowest BCUT2D eigenvalue weighted by Crippen LogP contribution is -2.63. The Morgan fingerprint density at radius 1 is 1.07 bits per heavy atom. The molecule has 4 atom stereocenters. The number of carbonyl (C=O) groups is 5. The second-order valence-corrected chi connectivity index (χ2v) is 12.5. The maximum Gasteiger partial charge on any atom is 0.410 e. The Morgan fingerprint density at radius 3 is 2.33 bits per heavy atom. The van der Waals surface area contributed by atoms with E-state index in [0.29, 0.717) is 31.4 Å². The van der Waals surface area contributed by atoms with Gasteiger partial charge in [-0.15, -0.1) is 0 Å². The van der Waals surface area contributed by atoms with E-state index in [4.69, 9.17) is 4.74 Å². The van der Waals surface area contributed by atoms with Crippen LogP contribution in [-0.2, 0) is 25.7 Å². The number of fused-ring (bicyclic) bond motifs is 1. The van der Waals surface area contributed by atoms with Crippen LogP contribution in [0.2, 0.25) is 0 Å². The molecule has 0 spiro atoms. The Labute approximate surface area is 252 Å². The van der Waals surface area contributed by atoms with Gasteiger partial charge in [-0.2, -0.15) is 0 Å². The van der Waals surface area contributed by atoms with Crippen molar-refractivity contribution < 1.29 is 33.1 Å². The highest BCUT2D eigenvalue weighted by Crippen LogP contribution is 2.29. The number of nitrogens with one attached hydrogen (secondary N) is 3. The summed E-state index contributed by atoms with van der Waals surface area (Å²) >= 11 is 0. The van der Waals surface area contributed by atoms with Gasteiger partial charge < -0.3 is 30.5 Å². The smallest absolute Gasteiger partial charge is 0.410 e. The summed E-state index contributed by atoms with van der Waals surface area (Å²) in [5, 5.41) is 8.42. The van der Waals surface area contributed by atoms with E-state index in [1.807, 2.05) is 13.8 Å². The zero-order valence-corrected chi connectivity index (χ0v) is 26.1. The fourth-order valence-corrected chi connectivity index (χ4v) is 5.13. The highest BCUT2D eigenvalue weighted by atomic mass is 19.1. The first-order valence-corrected chi connectivity index (χ1v) is 14.7. The van der Waals surface area contributed by atoms with Crippen LogP contribution in [0.25, 0.3) is 0 Å². The van der Waals surface area contributed by atoms with Crippen molar-refractivity contribution in [1.29, 1.82) is 0 Å².